The van der Waals surface area contributed by atoms with Crippen LogP contribution in [0.25, 0.3) is 0 Å². The number of carbonyl (C=O) groups is 1. The number of rotatable bonds is 5. The van der Waals surface area contributed by atoms with Crippen LogP contribution in [0.15, 0.2) is 41.4 Å². The lowest BCUT2D eigenvalue weighted by Crippen LogP contribution is -2.59. The van der Waals surface area contributed by atoms with Crippen LogP contribution in [0, 0.1) is 5.82 Å². The van der Waals surface area contributed by atoms with Crippen molar-refractivity contribution in [3.8, 4) is 17.2 Å². The molecular weight excluding hydrogens is 480 g/mol. The van der Waals surface area contributed by atoms with Gasteiger partial charge in [-0.1, -0.05) is 25.6 Å². The van der Waals surface area contributed by atoms with Gasteiger partial charge in [0.05, 0.1) is 6.04 Å². The monoisotopic (exact) mass is 502 g/mol. The summed E-state index contributed by atoms with van der Waals surface area (Å²) in [6.07, 6.45) is -6.62. The number of hydrogen-bond donors (Lipinski definition) is 5. The molecule has 0 saturated carbocycles. The molecule has 0 aliphatic carbocycles. The summed E-state index contributed by atoms with van der Waals surface area (Å²) in [5.41, 5.74) is -5.47. The molecule has 0 radical (unpaired) electrons. The molecule has 1 amide bonds. The molecule has 0 aromatic heterocycles. The van der Waals surface area contributed by atoms with E-state index in [1.807, 2.05) is 5.32 Å². The minimum Gasteiger partial charge on any atom is -0.508 e. The van der Waals surface area contributed by atoms with E-state index in [0.717, 1.165) is 36.0 Å². The van der Waals surface area contributed by atoms with E-state index >= 15 is 0 Å². The molecule has 2 unspecified atom stereocenters. The van der Waals surface area contributed by atoms with Crippen LogP contribution in [0.2, 0.25) is 0 Å². The molecular formula is C22H22F4N2O5S. The Balaban J connectivity index is 1.86. The Hall–Kier alpha value is -2.99. The van der Waals surface area contributed by atoms with Crippen molar-refractivity contribution in [3.05, 3.63) is 53.3 Å². The third-order valence-electron chi connectivity index (χ3n) is 5.47. The number of nitrogens with zero attached hydrogens (tertiary/aromatic N) is 1. The van der Waals surface area contributed by atoms with E-state index in [2.05, 4.69) is 4.99 Å². The van der Waals surface area contributed by atoms with Gasteiger partial charge in [-0.2, -0.15) is 13.2 Å². The average molecular weight is 502 g/mol. The summed E-state index contributed by atoms with van der Waals surface area (Å²) in [5, 5.41) is 41.7. The molecule has 1 heterocycles. The number of carbonyl (C=O) groups excluding carboxylic acids is 1. The zero-order valence-corrected chi connectivity index (χ0v) is 18.8. The molecule has 2 aromatic rings. The largest absolute Gasteiger partial charge is 0.508 e. The van der Waals surface area contributed by atoms with Gasteiger partial charge in [0.2, 0.25) is 5.60 Å². The van der Waals surface area contributed by atoms with Crippen LogP contribution in [0.1, 0.15) is 37.4 Å². The molecule has 1 aliphatic heterocycles. The summed E-state index contributed by atoms with van der Waals surface area (Å²) in [4.78, 5) is 16.8. The highest BCUT2D eigenvalue weighted by Crippen LogP contribution is 2.44. The second kappa shape index (κ2) is 8.99. The number of phenolic OH excluding ortho intramolecular Hbond substituents is 3. The van der Waals surface area contributed by atoms with Crippen molar-refractivity contribution in [3.63, 3.8) is 0 Å². The summed E-state index contributed by atoms with van der Waals surface area (Å²) in [6, 6.07) is 5.81. The van der Waals surface area contributed by atoms with Crippen molar-refractivity contribution in [2.75, 3.05) is 5.75 Å². The second-order valence-electron chi connectivity index (χ2n) is 8.54. The molecule has 2 atom stereocenters. The topological polar surface area (TPSA) is 122 Å². The minimum absolute atomic E-state index is 0.182. The zero-order valence-electron chi connectivity index (χ0n) is 18.0. The van der Waals surface area contributed by atoms with Crippen molar-refractivity contribution in [1.82, 2.24) is 5.32 Å². The number of aliphatic hydroxyl groups is 1. The van der Waals surface area contributed by atoms with Gasteiger partial charge in [0.1, 0.15) is 23.1 Å². The number of aliphatic imine (C=N–C) groups is 1. The van der Waals surface area contributed by atoms with E-state index in [-0.39, 0.29) is 28.0 Å². The third-order valence-corrected chi connectivity index (χ3v) is 6.44. The number of hydrogen-bond acceptors (Lipinski definition) is 7. The van der Waals surface area contributed by atoms with E-state index in [9.17, 15) is 42.8 Å². The smallest absolute Gasteiger partial charge is 0.426 e. The first kappa shape index (κ1) is 25.6. The van der Waals surface area contributed by atoms with Crippen molar-refractivity contribution >= 4 is 22.8 Å². The van der Waals surface area contributed by atoms with Gasteiger partial charge in [-0.15, -0.1) is 0 Å². The first-order chi connectivity index (χ1) is 15.6. The summed E-state index contributed by atoms with van der Waals surface area (Å²) < 4.78 is 55.5. The van der Waals surface area contributed by atoms with Gasteiger partial charge in [-0.05, 0) is 35.7 Å². The van der Waals surface area contributed by atoms with Gasteiger partial charge in [-0.3, -0.25) is 9.79 Å². The molecule has 1 aliphatic rings. The molecule has 12 heteroatoms. The van der Waals surface area contributed by atoms with E-state index in [4.69, 9.17) is 0 Å². The van der Waals surface area contributed by atoms with E-state index in [0.29, 0.717) is 5.56 Å². The normalized spacial score (nSPS) is 18.3. The van der Waals surface area contributed by atoms with Crippen LogP contribution in [0.5, 0.6) is 17.2 Å². The molecule has 2 aromatic carbocycles. The Labute approximate surface area is 196 Å². The van der Waals surface area contributed by atoms with Crippen LogP contribution >= 0.6 is 11.8 Å². The van der Waals surface area contributed by atoms with Gasteiger partial charge in [0.25, 0.3) is 5.91 Å². The predicted molar refractivity (Wildman–Crippen MR) is 117 cm³/mol. The van der Waals surface area contributed by atoms with Crippen LogP contribution in [0.4, 0.5) is 17.6 Å². The fourth-order valence-corrected chi connectivity index (χ4v) is 4.65. The SMILES string of the molecule is CC(C)(CC(O)(C(=O)NC1=NC(c2ccc(O)cc2O)CS1)C(F)(F)F)c1cc(F)ccc1O. The summed E-state index contributed by atoms with van der Waals surface area (Å²) in [7, 11) is 0. The van der Waals surface area contributed by atoms with Crippen LogP contribution in [-0.2, 0) is 10.2 Å². The van der Waals surface area contributed by atoms with E-state index in [1.165, 1.54) is 26.0 Å². The summed E-state index contributed by atoms with van der Waals surface area (Å²) in [6.45, 7) is 2.47. The van der Waals surface area contributed by atoms with E-state index < -0.39 is 47.1 Å². The number of amidine groups is 1. The number of thioether (sulfide) groups is 1. The Morgan fingerprint density at radius 2 is 1.79 bits per heavy atom. The highest BCUT2D eigenvalue weighted by Gasteiger charge is 2.61. The Bertz CT molecular complexity index is 1140. The number of amides is 1. The number of benzene rings is 2. The molecule has 7 nitrogen and oxygen atoms in total. The molecule has 184 valence electrons. The second-order valence-corrected chi connectivity index (χ2v) is 9.55. The van der Waals surface area contributed by atoms with Gasteiger partial charge < -0.3 is 25.7 Å². The number of phenols is 3. The van der Waals surface area contributed by atoms with Gasteiger partial charge >= 0.3 is 6.18 Å². The number of nitrogens with one attached hydrogen (secondary N) is 1. The number of alkyl halides is 3. The molecule has 0 fully saturated rings. The van der Waals surface area contributed by atoms with Crippen LogP contribution in [0.3, 0.4) is 0 Å². The molecule has 34 heavy (non-hydrogen) atoms. The first-order valence-electron chi connectivity index (χ1n) is 9.96. The number of aromatic hydroxyl groups is 3. The van der Waals surface area contributed by atoms with Crippen molar-refractivity contribution in [1.29, 1.82) is 0 Å². The lowest BCUT2D eigenvalue weighted by molar-refractivity contribution is -0.256. The van der Waals surface area contributed by atoms with E-state index in [1.54, 1.807) is 0 Å². The molecule has 0 bridgehead atoms. The van der Waals surface area contributed by atoms with Crippen LogP contribution in [-0.4, -0.2) is 49.0 Å². The highest BCUT2D eigenvalue weighted by atomic mass is 32.2. The lowest BCUT2D eigenvalue weighted by Gasteiger charge is -2.36. The Morgan fingerprint density at radius 1 is 1.12 bits per heavy atom. The molecule has 5 N–H and O–H groups in total. The zero-order chi connectivity index (χ0) is 25.5. The average Bonchev–Trinajstić information content (AvgIpc) is 3.16. The number of halogens is 4. The first-order valence-corrected chi connectivity index (χ1v) is 10.9. The Morgan fingerprint density at radius 3 is 2.41 bits per heavy atom. The maximum Gasteiger partial charge on any atom is 0.426 e. The molecule has 0 saturated heterocycles. The van der Waals surface area contributed by atoms with Gasteiger partial charge in [0, 0.05) is 29.4 Å². The Kier molecular flexibility index (Phi) is 6.78. The maximum absolute atomic E-state index is 13.9. The summed E-state index contributed by atoms with van der Waals surface area (Å²) >= 11 is 0.908. The fraction of sp³-hybridized carbons (Fsp3) is 0.364. The van der Waals surface area contributed by atoms with Crippen molar-refractivity contribution < 1.29 is 42.8 Å². The van der Waals surface area contributed by atoms with Gasteiger partial charge in [-0.25, -0.2) is 4.39 Å². The van der Waals surface area contributed by atoms with Crippen LogP contribution < -0.4 is 5.32 Å². The summed E-state index contributed by atoms with van der Waals surface area (Å²) in [5.74, 6) is -3.35. The third kappa shape index (κ3) is 5.07. The van der Waals surface area contributed by atoms with Crippen molar-refractivity contribution in [2.24, 2.45) is 4.99 Å². The molecule has 3 rings (SSSR count). The van der Waals surface area contributed by atoms with Crippen molar-refractivity contribution in [2.45, 2.75) is 43.5 Å². The maximum atomic E-state index is 13.9. The van der Waals surface area contributed by atoms with Gasteiger partial charge in [0.15, 0.2) is 5.17 Å². The standard InChI is InChI=1S/C22H22F4N2O5S/c1-20(2,14-7-11(23)3-6-16(14)30)10-21(33,22(24,25)26)18(32)28-19-27-15(9-34-19)13-5-4-12(29)8-17(13)31/h3-8,15,29-31,33H,9-10H2,1-2H3,(H,27,28,32). The minimum atomic E-state index is -5.41. The fourth-order valence-electron chi connectivity index (χ4n) is 3.71. The lowest BCUT2D eigenvalue weighted by atomic mass is 9.74. The molecule has 0 spiro atoms. The highest BCUT2D eigenvalue weighted by molar-refractivity contribution is 8.14. The quantitative estimate of drug-likeness (QED) is 0.396. The predicted octanol–water partition coefficient (Wildman–Crippen LogP) is 3.86.